The molecule has 1 aromatic heterocycles. The molecule has 1 aliphatic heterocycles. The zero-order valence-corrected chi connectivity index (χ0v) is 11.6. The molecule has 0 saturated heterocycles. The summed E-state index contributed by atoms with van der Waals surface area (Å²) < 4.78 is 0.983. The van der Waals surface area contributed by atoms with E-state index in [4.69, 9.17) is 0 Å². The van der Waals surface area contributed by atoms with Gasteiger partial charge >= 0.3 is 0 Å². The number of anilines is 1. The van der Waals surface area contributed by atoms with Crippen molar-refractivity contribution in [2.24, 2.45) is 4.99 Å². The van der Waals surface area contributed by atoms with Gasteiger partial charge in [-0.15, -0.1) is 0 Å². The number of fused-ring (bicyclic) bond motifs is 1. The first-order chi connectivity index (χ1) is 8.79. The lowest BCUT2D eigenvalue weighted by molar-refractivity contribution is 0.959. The molecule has 2 aromatic rings. The van der Waals surface area contributed by atoms with Crippen molar-refractivity contribution in [3.63, 3.8) is 0 Å². The predicted octanol–water partition coefficient (Wildman–Crippen LogP) is 2.26. The van der Waals surface area contributed by atoms with E-state index in [9.17, 15) is 0 Å². The Hall–Kier alpha value is -1.56. The van der Waals surface area contributed by atoms with Crippen molar-refractivity contribution in [2.75, 3.05) is 18.4 Å². The third-order valence-electron chi connectivity index (χ3n) is 3.04. The highest BCUT2D eigenvalue weighted by atomic mass is 79.9. The molecule has 5 nitrogen and oxygen atoms in total. The molecule has 0 fully saturated rings. The quantitative estimate of drug-likeness (QED) is 0.797. The number of nitrogens with one attached hydrogen (secondary N) is 3. The predicted molar refractivity (Wildman–Crippen MR) is 77.1 cm³/mol. The van der Waals surface area contributed by atoms with Crippen LogP contribution in [0.25, 0.3) is 11.0 Å². The number of hydrogen-bond donors (Lipinski definition) is 3. The monoisotopic (exact) mass is 307 g/mol. The van der Waals surface area contributed by atoms with E-state index in [2.05, 4.69) is 54.5 Å². The van der Waals surface area contributed by atoms with Crippen LogP contribution < -0.4 is 10.6 Å². The molecule has 0 unspecified atom stereocenters. The van der Waals surface area contributed by atoms with Gasteiger partial charge in [0.05, 0.1) is 18.4 Å². The normalized spacial score (nSPS) is 14.7. The number of benzene rings is 1. The molecule has 1 aromatic carbocycles. The van der Waals surface area contributed by atoms with E-state index in [1.807, 2.05) is 0 Å². The Balaban J connectivity index is 2.09. The maximum absolute atomic E-state index is 4.36. The smallest absolute Gasteiger partial charge is 0.195 e. The Morgan fingerprint density at radius 3 is 3.11 bits per heavy atom. The fourth-order valence-electron chi connectivity index (χ4n) is 2.21. The summed E-state index contributed by atoms with van der Waals surface area (Å²) in [5.74, 6) is 0.843. The van der Waals surface area contributed by atoms with Crippen LogP contribution in [0.3, 0.4) is 0 Å². The molecular weight excluding hydrogens is 294 g/mol. The minimum Gasteiger partial charge on any atom is -0.354 e. The number of rotatable bonds is 2. The van der Waals surface area contributed by atoms with Crippen molar-refractivity contribution in [1.29, 1.82) is 0 Å². The van der Waals surface area contributed by atoms with E-state index in [0.29, 0.717) is 0 Å². The van der Waals surface area contributed by atoms with Crippen LogP contribution in [0, 0.1) is 0 Å². The minimum atomic E-state index is 0.831. The number of halogens is 1. The first kappa shape index (κ1) is 11.5. The Bertz CT molecular complexity index is 616. The minimum absolute atomic E-state index is 0.831. The lowest BCUT2D eigenvalue weighted by Gasteiger charge is -2.12. The molecule has 0 atom stereocenters. The van der Waals surface area contributed by atoms with Gasteiger partial charge in [-0.3, -0.25) is 4.99 Å². The molecule has 0 spiro atoms. The van der Waals surface area contributed by atoms with Gasteiger partial charge < -0.3 is 15.6 Å². The van der Waals surface area contributed by atoms with E-state index in [-0.39, 0.29) is 0 Å². The summed E-state index contributed by atoms with van der Waals surface area (Å²) in [6.45, 7) is 3.87. The maximum Gasteiger partial charge on any atom is 0.195 e. The van der Waals surface area contributed by atoms with Gasteiger partial charge in [-0.1, -0.05) is 6.92 Å². The fraction of sp³-hybridized carbons (Fsp3) is 0.333. The van der Waals surface area contributed by atoms with Crippen molar-refractivity contribution in [1.82, 2.24) is 15.3 Å². The van der Waals surface area contributed by atoms with E-state index >= 15 is 0 Å². The molecular formula is C12H14BrN5. The van der Waals surface area contributed by atoms with Crippen molar-refractivity contribution < 1.29 is 0 Å². The summed E-state index contributed by atoms with van der Waals surface area (Å²) in [6, 6.07) is 2.06. The van der Waals surface area contributed by atoms with Gasteiger partial charge in [0, 0.05) is 22.3 Å². The number of hydrogen-bond acceptors (Lipinski definition) is 4. The zero-order valence-electron chi connectivity index (χ0n) is 10.0. The lowest BCUT2D eigenvalue weighted by atomic mass is 10.1. The molecule has 3 N–H and O–H groups in total. The van der Waals surface area contributed by atoms with Crippen LogP contribution in [0.15, 0.2) is 21.9 Å². The van der Waals surface area contributed by atoms with Gasteiger partial charge in [0.25, 0.3) is 0 Å². The molecule has 3 rings (SSSR count). The van der Waals surface area contributed by atoms with E-state index in [0.717, 1.165) is 46.7 Å². The van der Waals surface area contributed by atoms with E-state index in [1.54, 1.807) is 6.33 Å². The third kappa shape index (κ3) is 1.86. The standard InChI is InChI=1S/C12H14BrN5/c1-2-7-9(18-12-14-3-4-15-12)5-8(13)11-10(7)16-6-17-11/h5-6H,2-4H2,1H3,(H,16,17)(H2,14,15,18). The molecule has 94 valence electrons. The molecule has 0 radical (unpaired) electrons. The molecule has 0 aliphatic carbocycles. The van der Waals surface area contributed by atoms with Gasteiger partial charge in [0.1, 0.15) is 5.52 Å². The van der Waals surface area contributed by atoms with Crippen molar-refractivity contribution in [3.05, 3.63) is 22.4 Å². The van der Waals surface area contributed by atoms with Crippen LogP contribution in [0.1, 0.15) is 12.5 Å². The lowest BCUT2D eigenvalue weighted by Crippen LogP contribution is -2.26. The summed E-state index contributed by atoms with van der Waals surface area (Å²) in [5, 5.41) is 6.56. The summed E-state index contributed by atoms with van der Waals surface area (Å²) in [4.78, 5) is 11.9. The van der Waals surface area contributed by atoms with Crippen LogP contribution in [0.2, 0.25) is 0 Å². The van der Waals surface area contributed by atoms with Gasteiger partial charge in [-0.2, -0.15) is 0 Å². The zero-order chi connectivity index (χ0) is 12.5. The van der Waals surface area contributed by atoms with Gasteiger partial charge in [-0.25, -0.2) is 4.98 Å². The van der Waals surface area contributed by atoms with Crippen molar-refractivity contribution >= 4 is 38.6 Å². The van der Waals surface area contributed by atoms with Gasteiger partial charge in [-0.05, 0) is 28.4 Å². The first-order valence-corrected chi connectivity index (χ1v) is 6.78. The molecule has 2 heterocycles. The second-order valence-corrected chi connectivity index (χ2v) is 5.00. The summed E-state index contributed by atoms with van der Waals surface area (Å²) in [6.07, 6.45) is 2.66. The van der Waals surface area contributed by atoms with Crippen molar-refractivity contribution in [3.8, 4) is 0 Å². The third-order valence-corrected chi connectivity index (χ3v) is 3.65. The first-order valence-electron chi connectivity index (χ1n) is 5.99. The molecule has 6 heteroatoms. The largest absolute Gasteiger partial charge is 0.354 e. The average Bonchev–Trinajstić information content (AvgIpc) is 3.00. The topological polar surface area (TPSA) is 65.1 Å². The molecule has 18 heavy (non-hydrogen) atoms. The van der Waals surface area contributed by atoms with E-state index in [1.165, 1.54) is 5.56 Å². The number of H-pyrrole nitrogens is 1. The number of guanidine groups is 1. The second kappa shape index (κ2) is 4.61. The summed E-state index contributed by atoms with van der Waals surface area (Å²) >= 11 is 3.56. The average molecular weight is 308 g/mol. The van der Waals surface area contributed by atoms with Gasteiger partial charge in [0.2, 0.25) is 0 Å². The number of nitrogens with zero attached hydrogens (tertiary/aromatic N) is 2. The van der Waals surface area contributed by atoms with E-state index < -0.39 is 0 Å². The number of imidazole rings is 1. The number of aryl methyl sites for hydroxylation is 1. The van der Waals surface area contributed by atoms with Crippen molar-refractivity contribution in [2.45, 2.75) is 13.3 Å². The summed E-state index contributed by atoms with van der Waals surface area (Å²) in [5.41, 5.74) is 4.34. The fourth-order valence-corrected chi connectivity index (χ4v) is 2.74. The summed E-state index contributed by atoms with van der Waals surface area (Å²) in [7, 11) is 0. The maximum atomic E-state index is 4.36. The Kier molecular flexibility index (Phi) is 2.95. The molecule has 1 aliphatic rings. The highest BCUT2D eigenvalue weighted by Gasteiger charge is 2.14. The Labute approximate surface area is 113 Å². The van der Waals surface area contributed by atoms with Gasteiger partial charge in [0.15, 0.2) is 5.96 Å². The Morgan fingerprint density at radius 2 is 2.39 bits per heavy atom. The van der Waals surface area contributed by atoms with Crippen LogP contribution >= 0.6 is 15.9 Å². The number of aliphatic imine (C=N–C) groups is 1. The van der Waals surface area contributed by atoms with Crippen LogP contribution in [-0.2, 0) is 6.42 Å². The molecule has 0 saturated carbocycles. The van der Waals surface area contributed by atoms with Crippen LogP contribution in [-0.4, -0.2) is 29.0 Å². The highest BCUT2D eigenvalue weighted by molar-refractivity contribution is 9.10. The number of aromatic amines is 1. The van der Waals surface area contributed by atoms with Crippen LogP contribution in [0.5, 0.6) is 0 Å². The second-order valence-electron chi connectivity index (χ2n) is 4.15. The molecule has 0 amide bonds. The number of aromatic nitrogens is 2. The molecule has 0 bridgehead atoms. The SMILES string of the molecule is CCc1c(NC2=NCCN2)cc(Br)c2nc[nH]c12. The Morgan fingerprint density at radius 1 is 1.50 bits per heavy atom. The highest BCUT2D eigenvalue weighted by Crippen LogP contribution is 2.31. The van der Waals surface area contributed by atoms with Crippen LogP contribution in [0.4, 0.5) is 5.69 Å².